The van der Waals surface area contributed by atoms with Gasteiger partial charge >= 0.3 is 0 Å². The molecular formula is C19H30N2O. The molecule has 1 aliphatic heterocycles. The van der Waals surface area contributed by atoms with E-state index in [-0.39, 0.29) is 5.91 Å². The van der Waals surface area contributed by atoms with Crippen LogP contribution in [0, 0.1) is 12.8 Å². The molecule has 1 heterocycles. The van der Waals surface area contributed by atoms with Gasteiger partial charge in [-0.15, -0.1) is 0 Å². The fraction of sp³-hybridized carbons (Fsp3) is 0.632. The molecule has 1 fully saturated rings. The summed E-state index contributed by atoms with van der Waals surface area (Å²) in [5, 5.41) is 3.14. The van der Waals surface area contributed by atoms with Crippen LogP contribution in [0.4, 0.5) is 0 Å². The summed E-state index contributed by atoms with van der Waals surface area (Å²) in [5.74, 6) is 0.580. The lowest BCUT2D eigenvalue weighted by molar-refractivity contribution is -0.122. The highest BCUT2D eigenvalue weighted by Crippen LogP contribution is 2.24. The molecule has 0 unspecified atom stereocenters. The first-order valence-electron chi connectivity index (χ1n) is 8.63. The third-order valence-electron chi connectivity index (χ3n) is 4.38. The fourth-order valence-corrected chi connectivity index (χ4v) is 3.13. The minimum absolute atomic E-state index is 0.170. The molecule has 0 radical (unpaired) electrons. The molecule has 3 heteroatoms. The van der Waals surface area contributed by atoms with E-state index in [1.165, 1.54) is 30.4 Å². The van der Waals surface area contributed by atoms with Crippen molar-refractivity contribution in [2.24, 2.45) is 5.92 Å². The van der Waals surface area contributed by atoms with Crippen LogP contribution in [0.2, 0.25) is 0 Å². The number of hydrogen-bond donors (Lipinski definition) is 1. The average molecular weight is 302 g/mol. The van der Waals surface area contributed by atoms with Crippen LogP contribution >= 0.6 is 0 Å². The summed E-state index contributed by atoms with van der Waals surface area (Å²) in [6.07, 6.45) is 4.47. The average Bonchev–Trinajstić information content (AvgIpc) is 2.49. The minimum atomic E-state index is 0.170. The zero-order valence-electron chi connectivity index (χ0n) is 14.3. The highest BCUT2D eigenvalue weighted by molar-refractivity contribution is 5.76. The van der Waals surface area contributed by atoms with E-state index in [1.807, 2.05) is 0 Å². The lowest BCUT2D eigenvalue weighted by Crippen LogP contribution is -2.40. The topological polar surface area (TPSA) is 32.3 Å². The summed E-state index contributed by atoms with van der Waals surface area (Å²) < 4.78 is 0. The first kappa shape index (κ1) is 17.0. The van der Waals surface area contributed by atoms with Gasteiger partial charge in [0.15, 0.2) is 0 Å². The minimum Gasteiger partial charge on any atom is -0.354 e. The Balaban J connectivity index is 2.04. The quantitative estimate of drug-likeness (QED) is 0.869. The summed E-state index contributed by atoms with van der Waals surface area (Å²) in [5.41, 5.74) is 2.60. The molecule has 22 heavy (non-hydrogen) atoms. The predicted octanol–water partition coefficient (Wildman–Crippen LogP) is 3.68. The molecule has 1 aromatic rings. The van der Waals surface area contributed by atoms with Crippen LogP contribution in [0.5, 0.6) is 0 Å². The van der Waals surface area contributed by atoms with Crippen molar-refractivity contribution in [1.29, 1.82) is 0 Å². The lowest BCUT2D eigenvalue weighted by atomic mass is 10.0. The molecule has 0 bridgehead atoms. The molecule has 122 valence electrons. The number of benzene rings is 1. The van der Waals surface area contributed by atoms with E-state index in [1.54, 1.807) is 0 Å². The van der Waals surface area contributed by atoms with Crippen LogP contribution in [0.25, 0.3) is 0 Å². The number of hydrogen-bond acceptors (Lipinski definition) is 2. The van der Waals surface area contributed by atoms with E-state index in [4.69, 9.17) is 0 Å². The second-order valence-corrected chi connectivity index (χ2v) is 6.93. The van der Waals surface area contributed by atoms with Crippen molar-refractivity contribution >= 4 is 5.91 Å². The monoisotopic (exact) mass is 302 g/mol. The summed E-state index contributed by atoms with van der Waals surface area (Å²) in [6, 6.07) is 9.06. The number of aryl methyl sites for hydroxylation is 1. The number of rotatable bonds is 6. The largest absolute Gasteiger partial charge is 0.354 e. The molecule has 1 aliphatic rings. The summed E-state index contributed by atoms with van der Waals surface area (Å²) in [4.78, 5) is 14.5. The van der Waals surface area contributed by atoms with Gasteiger partial charge in [0.05, 0.1) is 6.04 Å². The van der Waals surface area contributed by atoms with Gasteiger partial charge in [-0.2, -0.15) is 0 Å². The Bertz CT molecular complexity index is 461. The predicted molar refractivity (Wildman–Crippen MR) is 91.8 cm³/mol. The number of nitrogens with one attached hydrogen (secondary N) is 1. The summed E-state index contributed by atoms with van der Waals surface area (Å²) in [6.45, 7) is 9.28. The lowest BCUT2D eigenvalue weighted by Gasteiger charge is -2.35. The van der Waals surface area contributed by atoms with E-state index in [0.29, 0.717) is 24.9 Å². The third-order valence-corrected chi connectivity index (χ3v) is 4.38. The van der Waals surface area contributed by atoms with Gasteiger partial charge in [-0.05, 0) is 44.3 Å². The van der Waals surface area contributed by atoms with Crippen LogP contribution in [0.1, 0.15) is 56.7 Å². The van der Waals surface area contributed by atoms with Gasteiger partial charge in [0, 0.05) is 13.0 Å². The molecule has 0 saturated carbocycles. The van der Waals surface area contributed by atoms with Gasteiger partial charge in [0.2, 0.25) is 5.91 Å². The Morgan fingerprint density at radius 2 is 1.77 bits per heavy atom. The molecule has 0 spiro atoms. The smallest absolute Gasteiger partial charge is 0.220 e. The number of carbonyl (C=O) groups is 1. The van der Waals surface area contributed by atoms with Crippen LogP contribution in [-0.2, 0) is 4.79 Å². The zero-order valence-corrected chi connectivity index (χ0v) is 14.3. The summed E-state index contributed by atoms with van der Waals surface area (Å²) >= 11 is 0. The highest BCUT2D eigenvalue weighted by Gasteiger charge is 2.22. The number of carbonyl (C=O) groups excluding carboxylic acids is 1. The van der Waals surface area contributed by atoms with Crippen molar-refractivity contribution < 1.29 is 4.79 Å². The van der Waals surface area contributed by atoms with Crippen LogP contribution in [-0.4, -0.2) is 30.4 Å². The van der Waals surface area contributed by atoms with E-state index in [0.717, 1.165) is 13.1 Å². The molecule has 3 nitrogen and oxygen atoms in total. The van der Waals surface area contributed by atoms with E-state index >= 15 is 0 Å². The Labute approximate surface area is 135 Å². The van der Waals surface area contributed by atoms with Gasteiger partial charge in [-0.3, -0.25) is 9.69 Å². The second-order valence-electron chi connectivity index (χ2n) is 6.93. The Hall–Kier alpha value is -1.35. The Morgan fingerprint density at radius 1 is 1.14 bits per heavy atom. The van der Waals surface area contributed by atoms with E-state index < -0.39 is 0 Å². The maximum Gasteiger partial charge on any atom is 0.220 e. The molecule has 2 rings (SSSR count). The maximum absolute atomic E-state index is 12.0. The molecule has 0 aliphatic carbocycles. The molecule has 0 aromatic heterocycles. The molecule has 1 saturated heterocycles. The SMILES string of the molecule is Cc1ccc([C@H](CNC(=O)CC(C)C)N2CCCCC2)cc1. The maximum atomic E-state index is 12.0. The Kier molecular flexibility index (Phi) is 6.44. The van der Waals surface area contributed by atoms with Crippen molar-refractivity contribution in [1.82, 2.24) is 10.2 Å². The standard InChI is InChI=1S/C19H30N2O/c1-15(2)13-19(22)20-14-18(21-11-5-4-6-12-21)17-9-7-16(3)8-10-17/h7-10,15,18H,4-6,11-14H2,1-3H3,(H,20,22)/t18-/m0/s1. The van der Waals surface area contributed by atoms with E-state index in [9.17, 15) is 4.79 Å². The first-order chi connectivity index (χ1) is 10.6. The number of nitrogens with zero attached hydrogens (tertiary/aromatic N) is 1. The van der Waals surface area contributed by atoms with Crippen molar-refractivity contribution in [3.63, 3.8) is 0 Å². The van der Waals surface area contributed by atoms with Crippen LogP contribution in [0.15, 0.2) is 24.3 Å². The summed E-state index contributed by atoms with van der Waals surface area (Å²) in [7, 11) is 0. The molecule has 1 amide bonds. The number of likely N-dealkylation sites (tertiary alicyclic amines) is 1. The van der Waals surface area contributed by atoms with Crippen molar-refractivity contribution in [2.45, 2.75) is 52.5 Å². The molecular weight excluding hydrogens is 272 g/mol. The zero-order chi connectivity index (χ0) is 15.9. The van der Waals surface area contributed by atoms with Crippen LogP contribution in [0.3, 0.4) is 0 Å². The number of piperidine rings is 1. The highest BCUT2D eigenvalue weighted by atomic mass is 16.1. The van der Waals surface area contributed by atoms with Crippen molar-refractivity contribution in [3.05, 3.63) is 35.4 Å². The van der Waals surface area contributed by atoms with Gasteiger partial charge in [-0.1, -0.05) is 50.1 Å². The molecule has 1 aromatic carbocycles. The first-order valence-corrected chi connectivity index (χ1v) is 8.63. The fourth-order valence-electron chi connectivity index (χ4n) is 3.13. The number of amides is 1. The molecule has 1 N–H and O–H groups in total. The van der Waals surface area contributed by atoms with Gasteiger partial charge < -0.3 is 5.32 Å². The van der Waals surface area contributed by atoms with Gasteiger partial charge in [0.1, 0.15) is 0 Å². The van der Waals surface area contributed by atoms with E-state index in [2.05, 4.69) is 55.3 Å². The molecule has 1 atom stereocenters. The van der Waals surface area contributed by atoms with Gasteiger partial charge in [-0.25, -0.2) is 0 Å². The van der Waals surface area contributed by atoms with Crippen molar-refractivity contribution in [3.8, 4) is 0 Å². The van der Waals surface area contributed by atoms with Gasteiger partial charge in [0.25, 0.3) is 0 Å². The van der Waals surface area contributed by atoms with Crippen molar-refractivity contribution in [2.75, 3.05) is 19.6 Å². The third kappa shape index (κ3) is 5.13. The normalized spacial score (nSPS) is 17.5. The second kappa shape index (κ2) is 8.33. The van der Waals surface area contributed by atoms with Crippen LogP contribution < -0.4 is 5.32 Å². The Morgan fingerprint density at radius 3 is 2.36 bits per heavy atom.